The van der Waals surface area contributed by atoms with Crippen LogP contribution in [-0.2, 0) is 0 Å². The van der Waals surface area contributed by atoms with E-state index in [1.54, 1.807) is 67.8 Å². The minimum atomic E-state index is -0.575. The third kappa shape index (κ3) is 4.80. The van der Waals surface area contributed by atoms with E-state index >= 15 is 0 Å². The van der Waals surface area contributed by atoms with Crippen LogP contribution in [0, 0.1) is 10.1 Å². The first-order valence-electron chi connectivity index (χ1n) is 11.5. The highest BCUT2D eigenvalue weighted by Crippen LogP contribution is 2.43. The lowest BCUT2D eigenvalue weighted by Gasteiger charge is -2.11. The van der Waals surface area contributed by atoms with Crippen LogP contribution in [0.15, 0.2) is 101 Å². The summed E-state index contributed by atoms with van der Waals surface area (Å²) < 4.78 is 11.5. The van der Waals surface area contributed by atoms with Crippen LogP contribution in [0.4, 0.5) is 11.7 Å². The molecule has 9 heteroatoms. The number of aromatic hydroxyl groups is 1. The van der Waals surface area contributed by atoms with E-state index in [4.69, 9.17) is 9.15 Å². The molecule has 0 radical (unpaired) electrons. The molecule has 0 unspecified atom stereocenters. The summed E-state index contributed by atoms with van der Waals surface area (Å²) >= 11 is 0. The summed E-state index contributed by atoms with van der Waals surface area (Å²) in [6.45, 7) is 0. The Labute approximate surface area is 217 Å². The van der Waals surface area contributed by atoms with Crippen LogP contribution in [0.25, 0.3) is 33.7 Å². The second-order valence-corrected chi connectivity index (χ2v) is 8.25. The number of phenols is 1. The molecule has 0 aliphatic heterocycles. The quantitative estimate of drug-likeness (QED) is 0.189. The van der Waals surface area contributed by atoms with E-state index in [9.17, 15) is 20.0 Å². The minimum Gasteiger partial charge on any atom is -0.507 e. The number of nitro benzene ring substituents is 1. The zero-order chi connectivity index (χ0) is 26.6. The highest BCUT2D eigenvalue weighted by molar-refractivity contribution is 6.03. The minimum absolute atomic E-state index is 0.0191. The first-order chi connectivity index (χ1) is 18.4. The molecule has 0 fully saturated rings. The van der Waals surface area contributed by atoms with Crippen molar-refractivity contribution in [1.82, 2.24) is 4.98 Å². The molecular weight excluding hydrogens is 486 g/mol. The zero-order valence-corrected chi connectivity index (χ0v) is 20.1. The van der Waals surface area contributed by atoms with Gasteiger partial charge in [0.1, 0.15) is 17.2 Å². The Morgan fingerprint density at radius 2 is 1.66 bits per heavy atom. The van der Waals surface area contributed by atoms with Crippen molar-refractivity contribution in [3.8, 4) is 45.2 Å². The number of amides is 1. The number of rotatable bonds is 7. The van der Waals surface area contributed by atoms with Crippen molar-refractivity contribution in [2.24, 2.45) is 0 Å². The van der Waals surface area contributed by atoms with Crippen LogP contribution >= 0.6 is 0 Å². The summed E-state index contributed by atoms with van der Waals surface area (Å²) in [5, 5.41) is 24.5. The summed E-state index contributed by atoms with van der Waals surface area (Å²) in [5.41, 5.74) is 2.79. The van der Waals surface area contributed by atoms with Gasteiger partial charge in [-0.05, 0) is 35.9 Å². The van der Waals surface area contributed by atoms with Gasteiger partial charge in [0.2, 0.25) is 0 Å². The first kappa shape index (κ1) is 24.3. The molecular formula is C29H21N3O6. The predicted octanol–water partition coefficient (Wildman–Crippen LogP) is 6.55. The Morgan fingerprint density at radius 3 is 2.37 bits per heavy atom. The zero-order valence-electron chi connectivity index (χ0n) is 20.1. The lowest BCUT2D eigenvalue weighted by molar-refractivity contribution is -0.384. The van der Waals surface area contributed by atoms with Gasteiger partial charge in [0.25, 0.3) is 11.6 Å². The number of nitro groups is 1. The van der Waals surface area contributed by atoms with Crippen molar-refractivity contribution in [2.45, 2.75) is 0 Å². The fourth-order valence-electron chi connectivity index (χ4n) is 4.06. The Morgan fingerprint density at radius 1 is 0.921 bits per heavy atom. The molecule has 1 aromatic heterocycles. The number of nitrogens with zero attached hydrogens (tertiary/aromatic N) is 2. The van der Waals surface area contributed by atoms with Gasteiger partial charge in [-0.2, -0.15) is 4.98 Å². The van der Waals surface area contributed by atoms with Crippen molar-refractivity contribution < 1.29 is 24.0 Å². The molecule has 0 atom stereocenters. The summed E-state index contributed by atoms with van der Waals surface area (Å²) in [4.78, 5) is 28.0. The van der Waals surface area contributed by atoms with Gasteiger partial charge in [0, 0.05) is 28.3 Å². The van der Waals surface area contributed by atoms with Crippen LogP contribution < -0.4 is 10.1 Å². The molecule has 38 heavy (non-hydrogen) atoms. The van der Waals surface area contributed by atoms with Gasteiger partial charge < -0.3 is 14.3 Å². The van der Waals surface area contributed by atoms with Gasteiger partial charge in [0.15, 0.2) is 5.76 Å². The van der Waals surface area contributed by atoms with Crippen molar-refractivity contribution in [3.63, 3.8) is 0 Å². The third-order valence-electron chi connectivity index (χ3n) is 5.88. The van der Waals surface area contributed by atoms with Crippen LogP contribution in [-0.4, -0.2) is 28.0 Å². The number of phenolic OH excluding ortho intramolecular Hbond substituents is 1. The van der Waals surface area contributed by atoms with E-state index in [0.29, 0.717) is 45.0 Å². The molecule has 188 valence electrons. The molecule has 4 aromatic carbocycles. The Hall–Kier alpha value is -5.44. The van der Waals surface area contributed by atoms with E-state index in [2.05, 4.69) is 10.3 Å². The molecule has 1 heterocycles. The average Bonchev–Trinajstić information content (AvgIpc) is 3.37. The van der Waals surface area contributed by atoms with E-state index in [1.165, 1.54) is 12.1 Å². The molecule has 0 bridgehead atoms. The second kappa shape index (κ2) is 10.3. The molecule has 9 nitrogen and oxygen atoms in total. The van der Waals surface area contributed by atoms with Crippen molar-refractivity contribution in [2.75, 3.05) is 12.4 Å². The van der Waals surface area contributed by atoms with Crippen LogP contribution in [0.5, 0.6) is 11.5 Å². The highest BCUT2D eigenvalue weighted by Gasteiger charge is 2.23. The van der Waals surface area contributed by atoms with Gasteiger partial charge in [-0.25, -0.2) is 0 Å². The Kier molecular flexibility index (Phi) is 6.56. The standard InChI is InChI=1S/C29H21N3O6/c1-37-21-11-7-10-19(16-21)26-27(38-29(30-26)31-28(34)18-8-3-2-4-9-18)24-13-6-5-12-22(24)23-15-14-20(32(35)36)17-25(23)33/h2-17,33H,1H3,(H,30,31,34). The van der Waals surface area contributed by atoms with Gasteiger partial charge in [-0.3, -0.25) is 20.2 Å². The molecule has 5 rings (SSSR count). The molecule has 0 aliphatic carbocycles. The topological polar surface area (TPSA) is 128 Å². The van der Waals surface area contributed by atoms with Crippen molar-refractivity contribution in [1.29, 1.82) is 0 Å². The van der Waals surface area contributed by atoms with Crippen molar-refractivity contribution in [3.05, 3.63) is 113 Å². The maximum absolute atomic E-state index is 12.8. The molecule has 2 N–H and O–H groups in total. The monoisotopic (exact) mass is 507 g/mol. The van der Waals surface area contributed by atoms with E-state index < -0.39 is 10.8 Å². The predicted molar refractivity (Wildman–Crippen MR) is 142 cm³/mol. The molecule has 5 aromatic rings. The van der Waals surface area contributed by atoms with Crippen LogP contribution in [0.2, 0.25) is 0 Å². The largest absolute Gasteiger partial charge is 0.507 e. The SMILES string of the molecule is COc1cccc(-c2nc(NC(=O)c3ccccc3)oc2-c2ccccc2-c2ccc([N+](=O)[O-])cc2O)c1. The first-order valence-corrected chi connectivity index (χ1v) is 11.5. The molecule has 0 saturated carbocycles. The number of hydrogen-bond acceptors (Lipinski definition) is 7. The van der Waals surface area contributed by atoms with E-state index in [1.807, 2.05) is 18.2 Å². The summed E-state index contributed by atoms with van der Waals surface area (Å²) in [6.07, 6.45) is 0. The number of carbonyl (C=O) groups is 1. The van der Waals surface area contributed by atoms with E-state index in [-0.39, 0.29) is 17.5 Å². The number of carbonyl (C=O) groups excluding carboxylic acids is 1. The van der Waals surface area contributed by atoms with Gasteiger partial charge in [-0.1, -0.05) is 54.6 Å². The normalized spacial score (nSPS) is 10.7. The number of non-ortho nitro benzene ring substituents is 1. The average molecular weight is 508 g/mol. The maximum Gasteiger partial charge on any atom is 0.302 e. The van der Waals surface area contributed by atoms with Crippen LogP contribution in [0.3, 0.4) is 0 Å². The van der Waals surface area contributed by atoms with Gasteiger partial charge in [0.05, 0.1) is 18.1 Å². The summed E-state index contributed by atoms with van der Waals surface area (Å²) in [5.74, 6) is 0.283. The molecule has 0 saturated heterocycles. The fraction of sp³-hybridized carbons (Fsp3) is 0.0345. The molecule has 1 amide bonds. The number of aromatic nitrogens is 1. The lowest BCUT2D eigenvalue weighted by Crippen LogP contribution is -2.11. The number of ether oxygens (including phenoxy) is 1. The van der Waals surface area contributed by atoms with E-state index in [0.717, 1.165) is 6.07 Å². The summed E-state index contributed by atoms with van der Waals surface area (Å²) in [6, 6.07) is 26.9. The van der Waals surface area contributed by atoms with Gasteiger partial charge in [-0.15, -0.1) is 0 Å². The molecule has 0 aliphatic rings. The fourth-order valence-corrected chi connectivity index (χ4v) is 4.06. The number of benzene rings is 4. The maximum atomic E-state index is 12.8. The van der Waals surface area contributed by atoms with Crippen molar-refractivity contribution >= 4 is 17.6 Å². The number of nitrogens with one attached hydrogen (secondary N) is 1. The number of anilines is 1. The third-order valence-corrected chi connectivity index (χ3v) is 5.88. The van der Waals surface area contributed by atoms with Gasteiger partial charge >= 0.3 is 6.01 Å². The van der Waals surface area contributed by atoms with Crippen LogP contribution in [0.1, 0.15) is 10.4 Å². The lowest BCUT2D eigenvalue weighted by atomic mass is 9.95. The number of hydrogen-bond donors (Lipinski definition) is 2. The smallest absolute Gasteiger partial charge is 0.302 e. The number of methoxy groups -OCH3 is 1. The summed E-state index contributed by atoms with van der Waals surface area (Å²) in [7, 11) is 1.56. The Balaban J connectivity index is 1.65. The second-order valence-electron chi connectivity index (χ2n) is 8.25. The Bertz CT molecular complexity index is 1650. The number of oxazole rings is 1. The molecule has 0 spiro atoms. The highest BCUT2D eigenvalue weighted by atomic mass is 16.6.